The maximum atomic E-state index is 8.89. The van der Waals surface area contributed by atoms with E-state index >= 15 is 0 Å². The number of carbonyl (C=O) groups excluding carboxylic acids is 1. The van der Waals surface area contributed by atoms with Crippen LogP contribution in [0.5, 0.6) is 0 Å². The highest BCUT2D eigenvalue weighted by Gasteiger charge is 2.28. The van der Waals surface area contributed by atoms with Crippen molar-refractivity contribution in [1.29, 1.82) is 0 Å². The normalized spacial score (nSPS) is 15.0. The molecule has 0 bridgehead atoms. The number of fused-ring (bicyclic) bond motifs is 2. The van der Waals surface area contributed by atoms with Crippen molar-refractivity contribution < 1.29 is 19.4 Å². The molecule has 0 radical (unpaired) electrons. The molecule has 1 aromatic heterocycles. The molecule has 0 N–H and O–H groups in total. The third-order valence-corrected chi connectivity index (χ3v) is 5.29. The zero-order valence-electron chi connectivity index (χ0n) is 15.4. The van der Waals surface area contributed by atoms with Gasteiger partial charge in [0.25, 0.3) is 0 Å². The number of rotatable bonds is 2. The van der Waals surface area contributed by atoms with Gasteiger partial charge in [0, 0.05) is 29.5 Å². The smallest absolute Gasteiger partial charge is 0.401 e. The Morgan fingerprint density at radius 1 is 0.926 bits per heavy atom. The highest BCUT2D eigenvalue weighted by atomic mass is 16.7. The number of benzene rings is 1. The molecule has 2 aliphatic rings. The molecule has 2 aliphatic carbocycles. The molecule has 6 nitrogen and oxygen atoms in total. The number of amides is 1. The molecule has 0 fully saturated rings. The molecule has 0 aliphatic heterocycles. The number of aromatic nitrogens is 1. The van der Waals surface area contributed by atoms with Crippen molar-refractivity contribution in [1.82, 2.24) is 0 Å². The number of hydrogen-bond acceptors (Lipinski definition) is 4. The van der Waals surface area contributed by atoms with E-state index in [0.29, 0.717) is 0 Å². The highest BCUT2D eigenvalue weighted by molar-refractivity contribution is 5.51. The lowest BCUT2D eigenvalue weighted by molar-refractivity contribution is -0.704. The zero-order chi connectivity index (χ0) is 19.2. The summed E-state index contributed by atoms with van der Waals surface area (Å²) in [4.78, 5) is 16.2. The summed E-state index contributed by atoms with van der Waals surface area (Å²) in [5, 5.41) is 17.7. The second-order valence-corrected chi connectivity index (χ2v) is 7.10. The van der Waals surface area contributed by atoms with Gasteiger partial charge in [-0.3, -0.25) is 10.1 Å². The van der Waals surface area contributed by atoms with Gasteiger partial charge in [0.05, 0.1) is 4.92 Å². The number of nitrogens with zero attached hydrogens (tertiary/aromatic N) is 2. The van der Waals surface area contributed by atoms with Crippen LogP contribution in [0.1, 0.15) is 53.8 Å². The Labute approximate surface area is 158 Å². The summed E-state index contributed by atoms with van der Waals surface area (Å²) in [6.45, 7) is 1.06. The number of carbonyl (C=O) groups is 1. The van der Waals surface area contributed by atoms with Gasteiger partial charge >= 0.3 is 6.09 Å². The lowest BCUT2D eigenvalue weighted by Gasteiger charge is -2.22. The van der Waals surface area contributed by atoms with Gasteiger partial charge in [-0.05, 0) is 44.6 Å². The van der Waals surface area contributed by atoms with Crippen LogP contribution < -0.4 is 9.67 Å². The van der Waals surface area contributed by atoms with E-state index in [9.17, 15) is 0 Å². The standard InChI is InChI=1S/C20H24N.CHNO4/c1-2-8-16(9-3-1)15-21-19-12-6-4-10-17(19)14-18-11-5-7-13-20(18)21;3-1(4)2(5)6/h1-3,8-9,14H,4-7,10-13,15H2;(H,3,4)/q+1;/p-1. The average molecular weight is 368 g/mol. The summed E-state index contributed by atoms with van der Waals surface area (Å²) in [7, 11) is 0. The molecule has 1 amide bonds. The summed E-state index contributed by atoms with van der Waals surface area (Å²) < 4.78 is 2.68. The fourth-order valence-electron chi connectivity index (χ4n) is 4.08. The van der Waals surface area contributed by atoms with E-state index < -0.39 is 11.0 Å². The second kappa shape index (κ2) is 8.75. The minimum Gasteiger partial charge on any atom is -0.486 e. The van der Waals surface area contributed by atoms with E-state index in [0.717, 1.165) is 6.54 Å². The van der Waals surface area contributed by atoms with Crippen LogP contribution in [0.2, 0.25) is 0 Å². The lowest BCUT2D eigenvalue weighted by Crippen LogP contribution is -2.46. The quantitative estimate of drug-likeness (QED) is 0.463. The van der Waals surface area contributed by atoms with Crippen LogP contribution in [0.15, 0.2) is 36.4 Å². The van der Waals surface area contributed by atoms with Gasteiger partial charge in [-0.25, -0.2) is 0 Å². The highest BCUT2D eigenvalue weighted by Crippen LogP contribution is 2.26. The molecule has 0 saturated heterocycles. The molecule has 4 rings (SSSR count). The van der Waals surface area contributed by atoms with Crippen molar-refractivity contribution in [3.05, 3.63) is 74.6 Å². The number of pyridine rings is 1. The Morgan fingerprint density at radius 2 is 1.41 bits per heavy atom. The molecule has 27 heavy (non-hydrogen) atoms. The Hall–Kier alpha value is -2.76. The van der Waals surface area contributed by atoms with E-state index in [-0.39, 0.29) is 0 Å². The Kier molecular flexibility index (Phi) is 6.16. The number of carboxylic acid groups (broad SMARTS) is 1. The van der Waals surface area contributed by atoms with Gasteiger partial charge in [0.15, 0.2) is 17.9 Å². The first-order chi connectivity index (χ1) is 13.1. The molecular weight excluding hydrogens is 344 g/mol. The predicted octanol–water partition coefficient (Wildman–Crippen LogP) is 2.39. The van der Waals surface area contributed by atoms with Crippen LogP contribution in [-0.2, 0) is 32.2 Å². The maximum Gasteiger partial charge on any atom is 0.401 e. The lowest BCUT2D eigenvalue weighted by atomic mass is 9.88. The Bertz CT molecular complexity index is 788. The molecule has 0 saturated carbocycles. The fourth-order valence-corrected chi connectivity index (χ4v) is 4.08. The van der Waals surface area contributed by atoms with Crippen LogP contribution in [-0.4, -0.2) is 11.0 Å². The summed E-state index contributed by atoms with van der Waals surface area (Å²) in [5.74, 6) is 0. The van der Waals surface area contributed by atoms with Crippen molar-refractivity contribution in [3.8, 4) is 0 Å². The van der Waals surface area contributed by atoms with Crippen LogP contribution in [0, 0.1) is 10.1 Å². The van der Waals surface area contributed by atoms with Crippen LogP contribution in [0.3, 0.4) is 0 Å². The molecule has 1 heterocycles. The van der Waals surface area contributed by atoms with E-state index in [2.05, 4.69) is 41.0 Å². The van der Waals surface area contributed by atoms with Crippen molar-refractivity contribution in [2.75, 3.05) is 0 Å². The first kappa shape index (κ1) is 19.0. The monoisotopic (exact) mass is 368 g/mol. The SMILES string of the molecule is O=C([O-])[N+](=O)[O-].c1ccc(C[n+]2c3c(cc4c2CCCC4)CCCC3)cc1. The molecule has 1 aromatic carbocycles. The molecule has 0 atom stereocenters. The van der Waals surface area contributed by atoms with E-state index in [1.54, 1.807) is 22.5 Å². The zero-order valence-corrected chi connectivity index (χ0v) is 15.4. The average Bonchev–Trinajstić information content (AvgIpc) is 2.69. The van der Waals surface area contributed by atoms with Gasteiger partial charge in [0.1, 0.15) is 0 Å². The molecule has 142 valence electrons. The molecular formula is C21H24N2O4. The van der Waals surface area contributed by atoms with Crippen LogP contribution >= 0.6 is 0 Å². The Balaban J connectivity index is 0.000000307. The molecule has 2 aromatic rings. The number of nitro groups is 1. The minimum atomic E-state index is -2.27. The van der Waals surface area contributed by atoms with Gasteiger partial charge in [-0.1, -0.05) is 30.3 Å². The summed E-state index contributed by atoms with van der Waals surface area (Å²) in [6.07, 6.45) is 8.32. The van der Waals surface area contributed by atoms with Gasteiger partial charge < -0.3 is 9.90 Å². The number of hydrogen-bond donors (Lipinski definition) is 0. The van der Waals surface area contributed by atoms with E-state index in [1.807, 2.05) is 0 Å². The maximum absolute atomic E-state index is 8.89. The minimum absolute atomic E-state index is 1.06. The van der Waals surface area contributed by atoms with Gasteiger partial charge in [-0.15, -0.1) is 0 Å². The van der Waals surface area contributed by atoms with Crippen LogP contribution in [0.25, 0.3) is 0 Å². The summed E-state index contributed by atoms with van der Waals surface area (Å²) in [5.41, 5.74) is 7.97. The van der Waals surface area contributed by atoms with Gasteiger partial charge in [0.2, 0.25) is 0 Å². The second-order valence-electron chi connectivity index (χ2n) is 7.10. The van der Waals surface area contributed by atoms with Gasteiger partial charge in [-0.2, -0.15) is 4.57 Å². The first-order valence-electron chi connectivity index (χ1n) is 9.52. The summed E-state index contributed by atoms with van der Waals surface area (Å²) in [6, 6.07) is 13.5. The summed E-state index contributed by atoms with van der Waals surface area (Å²) >= 11 is 0. The number of aryl methyl sites for hydroxylation is 2. The largest absolute Gasteiger partial charge is 0.486 e. The van der Waals surface area contributed by atoms with Crippen LogP contribution in [0.4, 0.5) is 4.79 Å². The molecule has 6 heteroatoms. The third kappa shape index (κ3) is 4.70. The predicted molar refractivity (Wildman–Crippen MR) is 97.9 cm³/mol. The topological polar surface area (TPSA) is 87.1 Å². The fraction of sp³-hybridized carbons (Fsp3) is 0.429. The van der Waals surface area contributed by atoms with Crippen molar-refractivity contribution >= 4 is 6.09 Å². The Morgan fingerprint density at radius 3 is 1.89 bits per heavy atom. The molecule has 0 spiro atoms. The molecule has 0 unspecified atom stereocenters. The first-order valence-corrected chi connectivity index (χ1v) is 9.52. The van der Waals surface area contributed by atoms with E-state index in [1.165, 1.54) is 56.9 Å². The third-order valence-electron chi connectivity index (χ3n) is 5.29. The van der Waals surface area contributed by atoms with E-state index in [4.69, 9.17) is 20.0 Å². The van der Waals surface area contributed by atoms with Crippen molar-refractivity contribution in [2.24, 2.45) is 0 Å². The van der Waals surface area contributed by atoms with Crippen molar-refractivity contribution in [3.63, 3.8) is 0 Å². The van der Waals surface area contributed by atoms with Crippen molar-refractivity contribution in [2.45, 2.75) is 57.9 Å².